The van der Waals surface area contributed by atoms with Gasteiger partial charge in [-0.15, -0.1) is 15.3 Å². The number of aromatic nitrogens is 2. The van der Waals surface area contributed by atoms with E-state index in [1.54, 1.807) is 12.1 Å². The van der Waals surface area contributed by atoms with E-state index in [0.29, 0.717) is 33.6 Å². The van der Waals surface area contributed by atoms with Gasteiger partial charge in [0.25, 0.3) is 33.5 Å². The first-order chi connectivity index (χ1) is 22.9. The summed E-state index contributed by atoms with van der Waals surface area (Å²) in [4.78, 5) is 64.6. The fourth-order valence-corrected chi connectivity index (χ4v) is 7.35. The Morgan fingerprint density at radius 2 is 1.69 bits per heavy atom. The second-order valence-corrected chi connectivity index (χ2v) is 14.7. The topological polar surface area (TPSA) is 216 Å². The number of rotatable bonds is 18. The van der Waals surface area contributed by atoms with Gasteiger partial charge in [0.05, 0.1) is 16.2 Å². The van der Waals surface area contributed by atoms with Gasteiger partial charge in [-0.1, -0.05) is 92.0 Å². The van der Waals surface area contributed by atoms with Gasteiger partial charge in [0.2, 0.25) is 0 Å². The summed E-state index contributed by atoms with van der Waals surface area (Å²) >= 11 is 2.45. The Hall–Kier alpha value is -4.26. The molecule has 4 rings (SSSR count). The third-order valence-electron chi connectivity index (χ3n) is 7.25. The summed E-state index contributed by atoms with van der Waals surface area (Å²) in [5.74, 6) is -3.53. The van der Waals surface area contributed by atoms with Gasteiger partial charge in [0, 0.05) is 30.2 Å². The molecule has 48 heavy (non-hydrogen) atoms. The maximum Gasteiger partial charge on any atom is 0.333 e. The molecule has 256 valence electrons. The standard InChI is InChI=1S/C30H33N5O10S3/c36-25-19-24(48(42,43)44)29(39)34(25)45-26(37)14-10-5-3-1-2-4-6-11-17-31-27(38)21-15-16-23(22(18-21)35(40)41)46-30-33-32-28(47-30)20-12-8-7-9-13-20/h7-9,12-13,15-16,18,24H,1-6,10-11,14,17,19H2,(H,31,38)(H,42,43,44). The van der Waals surface area contributed by atoms with Crippen molar-refractivity contribution in [3.63, 3.8) is 0 Å². The Morgan fingerprint density at radius 1 is 1.02 bits per heavy atom. The second-order valence-electron chi connectivity index (χ2n) is 10.8. The Balaban J connectivity index is 1.08. The highest BCUT2D eigenvalue weighted by molar-refractivity contribution is 8.01. The number of nitrogens with zero attached hydrogens (tertiary/aromatic N) is 4. The predicted molar refractivity (Wildman–Crippen MR) is 174 cm³/mol. The molecule has 1 unspecified atom stereocenters. The average Bonchev–Trinajstić information content (AvgIpc) is 3.64. The molecule has 1 aliphatic rings. The van der Waals surface area contributed by atoms with Crippen molar-refractivity contribution < 1.29 is 41.9 Å². The summed E-state index contributed by atoms with van der Waals surface area (Å²) in [6, 6.07) is 13.8. The van der Waals surface area contributed by atoms with Gasteiger partial charge in [-0.2, -0.15) is 8.42 Å². The number of carbonyl (C=O) groups is 4. The van der Waals surface area contributed by atoms with Gasteiger partial charge >= 0.3 is 5.97 Å². The van der Waals surface area contributed by atoms with Crippen LogP contribution in [0.25, 0.3) is 10.6 Å². The molecule has 0 saturated carbocycles. The average molecular weight is 720 g/mol. The first-order valence-electron chi connectivity index (χ1n) is 15.1. The molecule has 3 amide bonds. The number of unbranched alkanes of at least 4 members (excludes halogenated alkanes) is 7. The van der Waals surface area contributed by atoms with E-state index < -0.39 is 50.4 Å². The van der Waals surface area contributed by atoms with Crippen molar-refractivity contribution in [2.75, 3.05) is 6.54 Å². The SMILES string of the molecule is O=C(CCCCCCCCCCNC(=O)c1ccc(Sc2nnc(-c3ccccc3)s2)c([N+](=O)[O-])c1)ON1C(=O)CC(S(=O)(=O)O)C1=O. The number of amides is 3. The lowest BCUT2D eigenvalue weighted by Gasteiger charge is -2.13. The summed E-state index contributed by atoms with van der Waals surface area (Å²) < 4.78 is 31.9. The number of hydrogen-bond donors (Lipinski definition) is 2. The summed E-state index contributed by atoms with van der Waals surface area (Å²) in [7, 11) is -4.77. The van der Waals surface area contributed by atoms with E-state index in [1.165, 1.54) is 17.4 Å². The van der Waals surface area contributed by atoms with E-state index >= 15 is 0 Å². The molecule has 0 spiro atoms. The predicted octanol–water partition coefficient (Wildman–Crippen LogP) is 4.98. The zero-order valence-electron chi connectivity index (χ0n) is 25.6. The number of benzene rings is 2. The van der Waals surface area contributed by atoms with E-state index in [1.807, 2.05) is 30.3 Å². The first-order valence-corrected chi connectivity index (χ1v) is 18.2. The number of nitro benzene ring substituents is 1. The summed E-state index contributed by atoms with van der Waals surface area (Å²) in [5, 5.41) is 21.7. The van der Waals surface area contributed by atoms with Crippen molar-refractivity contribution in [3.8, 4) is 10.6 Å². The molecule has 1 fully saturated rings. The third-order valence-corrected chi connectivity index (χ3v) is 10.4. The van der Waals surface area contributed by atoms with Gasteiger partial charge in [0.15, 0.2) is 9.59 Å². The molecular formula is C30H33N5O10S3. The van der Waals surface area contributed by atoms with E-state index in [4.69, 9.17) is 9.39 Å². The lowest BCUT2D eigenvalue weighted by molar-refractivity contribution is -0.387. The van der Waals surface area contributed by atoms with Gasteiger partial charge in [0.1, 0.15) is 5.01 Å². The Kier molecular flexibility index (Phi) is 13.1. The molecule has 1 aliphatic heterocycles. The molecular weight excluding hydrogens is 687 g/mol. The number of hydroxylamine groups is 2. The fraction of sp³-hybridized carbons (Fsp3) is 0.400. The zero-order valence-corrected chi connectivity index (χ0v) is 28.1. The second kappa shape index (κ2) is 17.2. The van der Waals surface area contributed by atoms with E-state index in [2.05, 4.69) is 15.5 Å². The number of carbonyl (C=O) groups excluding carboxylic acids is 4. The lowest BCUT2D eigenvalue weighted by Crippen LogP contribution is -2.36. The molecule has 1 saturated heterocycles. The Labute approximate surface area is 284 Å². The number of hydrogen-bond acceptors (Lipinski definition) is 13. The van der Waals surface area contributed by atoms with Crippen molar-refractivity contribution in [2.24, 2.45) is 0 Å². The van der Waals surface area contributed by atoms with Crippen LogP contribution in [0.3, 0.4) is 0 Å². The zero-order chi connectivity index (χ0) is 34.7. The van der Waals surface area contributed by atoms with E-state index in [9.17, 15) is 37.7 Å². The van der Waals surface area contributed by atoms with Crippen LogP contribution in [-0.4, -0.2) is 68.6 Å². The van der Waals surface area contributed by atoms with Crippen LogP contribution in [0.15, 0.2) is 57.8 Å². The maximum absolute atomic E-state index is 12.7. The monoisotopic (exact) mass is 719 g/mol. The summed E-state index contributed by atoms with van der Waals surface area (Å²) in [6.45, 7) is 0.422. The Morgan fingerprint density at radius 3 is 2.33 bits per heavy atom. The molecule has 15 nitrogen and oxygen atoms in total. The molecule has 1 aromatic heterocycles. The van der Waals surface area contributed by atoms with Crippen LogP contribution in [0.1, 0.15) is 74.6 Å². The number of nitrogens with one attached hydrogen (secondary N) is 1. The Bertz CT molecular complexity index is 1750. The molecule has 2 aromatic carbocycles. The highest BCUT2D eigenvalue weighted by Gasteiger charge is 2.48. The van der Waals surface area contributed by atoms with Crippen molar-refractivity contribution in [2.45, 2.75) is 78.7 Å². The minimum Gasteiger partial charge on any atom is -0.352 e. The van der Waals surface area contributed by atoms with Crippen LogP contribution >= 0.6 is 23.1 Å². The van der Waals surface area contributed by atoms with E-state index in [0.717, 1.165) is 55.9 Å². The normalized spacial score (nSPS) is 14.7. The van der Waals surface area contributed by atoms with Crippen molar-refractivity contribution >= 4 is 62.6 Å². The van der Waals surface area contributed by atoms with Crippen LogP contribution < -0.4 is 5.32 Å². The molecule has 0 aliphatic carbocycles. The molecule has 3 aromatic rings. The minimum atomic E-state index is -4.77. The number of imide groups is 1. The van der Waals surface area contributed by atoms with Gasteiger partial charge in [-0.25, -0.2) is 4.79 Å². The van der Waals surface area contributed by atoms with Gasteiger partial charge in [-0.05, 0) is 25.0 Å². The van der Waals surface area contributed by atoms with Gasteiger partial charge in [-0.3, -0.25) is 29.1 Å². The van der Waals surface area contributed by atoms with Crippen molar-refractivity contribution in [1.29, 1.82) is 0 Å². The summed E-state index contributed by atoms with van der Waals surface area (Å²) in [5.41, 5.74) is 0.907. The van der Waals surface area contributed by atoms with Crippen LogP contribution in [0.2, 0.25) is 0 Å². The lowest BCUT2D eigenvalue weighted by atomic mass is 10.1. The molecule has 2 N–H and O–H groups in total. The molecule has 1 atom stereocenters. The van der Waals surface area contributed by atoms with Crippen LogP contribution in [-0.2, 0) is 29.3 Å². The number of nitro groups is 1. The fourth-order valence-electron chi connectivity index (χ4n) is 4.75. The molecule has 0 radical (unpaired) electrons. The minimum absolute atomic E-state index is 0.0586. The van der Waals surface area contributed by atoms with Crippen molar-refractivity contribution in [3.05, 3.63) is 64.2 Å². The summed E-state index contributed by atoms with van der Waals surface area (Å²) in [6.07, 6.45) is 5.57. The molecule has 0 bridgehead atoms. The highest BCUT2D eigenvalue weighted by atomic mass is 32.2. The smallest absolute Gasteiger partial charge is 0.333 e. The van der Waals surface area contributed by atoms with Crippen LogP contribution in [0, 0.1) is 10.1 Å². The van der Waals surface area contributed by atoms with Gasteiger partial charge < -0.3 is 10.2 Å². The third kappa shape index (κ3) is 10.4. The maximum atomic E-state index is 12.7. The van der Waals surface area contributed by atoms with Crippen molar-refractivity contribution in [1.82, 2.24) is 20.6 Å². The first kappa shape index (κ1) is 36.6. The highest BCUT2D eigenvalue weighted by Crippen LogP contribution is 2.38. The van der Waals surface area contributed by atoms with Crippen LogP contribution in [0.5, 0.6) is 0 Å². The quantitative estimate of drug-likeness (QED) is 0.0584. The molecule has 18 heteroatoms. The van der Waals surface area contributed by atoms with E-state index in [-0.39, 0.29) is 22.7 Å². The largest absolute Gasteiger partial charge is 0.352 e. The molecule has 2 heterocycles. The van der Waals surface area contributed by atoms with Crippen LogP contribution in [0.4, 0.5) is 5.69 Å².